The largest absolute Gasteiger partial charge is 0.261 e. The molecule has 0 aliphatic heterocycles. The van der Waals surface area contributed by atoms with E-state index in [0.29, 0.717) is 5.92 Å². The van der Waals surface area contributed by atoms with E-state index in [1.807, 2.05) is 12.3 Å². The van der Waals surface area contributed by atoms with Gasteiger partial charge in [-0.2, -0.15) is 0 Å². The Balaban J connectivity index is 1.72. The minimum atomic E-state index is 0.116. The predicted octanol–water partition coefficient (Wildman–Crippen LogP) is 5.87. The van der Waals surface area contributed by atoms with Crippen molar-refractivity contribution in [1.82, 2.24) is 4.98 Å². The lowest BCUT2D eigenvalue weighted by molar-refractivity contribution is 0.473. The Morgan fingerprint density at radius 1 is 0.880 bits per heavy atom. The van der Waals surface area contributed by atoms with E-state index in [0.717, 1.165) is 12.8 Å². The molecule has 25 heavy (non-hydrogen) atoms. The van der Waals surface area contributed by atoms with Gasteiger partial charge in [0.1, 0.15) is 0 Å². The Morgan fingerprint density at radius 2 is 1.52 bits per heavy atom. The smallest absolute Gasteiger partial charge is 0.0474 e. The van der Waals surface area contributed by atoms with Crippen LogP contribution in [0.5, 0.6) is 0 Å². The van der Waals surface area contributed by atoms with Gasteiger partial charge in [0.25, 0.3) is 0 Å². The van der Waals surface area contributed by atoms with Gasteiger partial charge in [0.05, 0.1) is 0 Å². The van der Waals surface area contributed by atoms with E-state index in [1.54, 1.807) is 0 Å². The van der Waals surface area contributed by atoms with E-state index in [4.69, 9.17) is 4.98 Å². The van der Waals surface area contributed by atoms with Crippen LogP contribution in [0.2, 0.25) is 0 Å². The standard InChI is InChI=1S/C24H25N/c1-19(20-11-5-3-6-12-20)17-24(22-15-9-10-16-25-22)18-23(24,2)21-13-7-4-8-14-21/h3-16,19H,17-18H2,1-2H3. The van der Waals surface area contributed by atoms with Gasteiger partial charge in [-0.25, -0.2) is 0 Å². The molecule has 1 heteroatoms. The van der Waals surface area contributed by atoms with Crippen molar-refractivity contribution in [3.8, 4) is 0 Å². The lowest BCUT2D eigenvalue weighted by Crippen LogP contribution is -2.23. The molecule has 1 aliphatic carbocycles. The molecule has 126 valence electrons. The number of rotatable bonds is 5. The van der Waals surface area contributed by atoms with E-state index in [1.165, 1.54) is 16.8 Å². The highest BCUT2D eigenvalue weighted by Gasteiger charge is 2.66. The third kappa shape index (κ3) is 2.68. The molecule has 1 fully saturated rings. The minimum absolute atomic E-state index is 0.116. The quantitative estimate of drug-likeness (QED) is 0.570. The average molecular weight is 327 g/mol. The minimum Gasteiger partial charge on any atom is -0.261 e. The molecule has 3 atom stereocenters. The summed E-state index contributed by atoms with van der Waals surface area (Å²) in [5, 5.41) is 0. The summed E-state index contributed by atoms with van der Waals surface area (Å²) >= 11 is 0. The van der Waals surface area contributed by atoms with Gasteiger partial charge in [-0.1, -0.05) is 80.6 Å². The second-order valence-electron chi connectivity index (χ2n) is 7.69. The number of hydrogen-bond donors (Lipinski definition) is 0. The van der Waals surface area contributed by atoms with Gasteiger partial charge in [0.15, 0.2) is 0 Å². The van der Waals surface area contributed by atoms with Gasteiger partial charge >= 0.3 is 0 Å². The third-order valence-corrected chi connectivity index (χ3v) is 6.18. The molecule has 3 aromatic rings. The summed E-state index contributed by atoms with van der Waals surface area (Å²) in [7, 11) is 0. The molecule has 0 bridgehead atoms. The molecule has 1 aliphatic rings. The van der Waals surface area contributed by atoms with Crippen LogP contribution >= 0.6 is 0 Å². The zero-order valence-electron chi connectivity index (χ0n) is 15.0. The summed E-state index contributed by atoms with van der Waals surface area (Å²) < 4.78 is 0. The van der Waals surface area contributed by atoms with E-state index in [9.17, 15) is 0 Å². The first kappa shape index (κ1) is 16.1. The molecule has 3 unspecified atom stereocenters. The average Bonchev–Trinajstić information content (AvgIpc) is 3.30. The molecule has 0 radical (unpaired) electrons. The molecule has 1 nitrogen and oxygen atoms in total. The highest BCUT2D eigenvalue weighted by atomic mass is 14.8. The second kappa shape index (κ2) is 6.15. The van der Waals surface area contributed by atoms with E-state index < -0.39 is 0 Å². The fourth-order valence-electron chi connectivity index (χ4n) is 4.59. The maximum absolute atomic E-state index is 4.78. The normalized spacial score (nSPS) is 26.2. The van der Waals surface area contributed by atoms with Crippen molar-refractivity contribution in [2.45, 2.75) is 43.4 Å². The first-order valence-corrected chi connectivity index (χ1v) is 9.18. The van der Waals surface area contributed by atoms with Gasteiger partial charge in [0.2, 0.25) is 0 Å². The van der Waals surface area contributed by atoms with Crippen molar-refractivity contribution in [3.05, 3.63) is 102 Å². The van der Waals surface area contributed by atoms with Crippen molar-refractivity contribution in [1.29, 1.82) is 0 Å². The highest BCUT2D eigenvalue weighted by Crippen LogP contribution is 2.68. The Labute approximate surface area is 150 Å². The van der Waals surface area contributed by atoms with Crippen LogP contribution in [0.15, 0.2) is 85.1 Å². The van der Waals surface area contributed by atoms with Crippen LogP contribution in [-0.4, -0.2) is 4.98 Å². The molecule has 2 aromatic carbocycles. The molecule has 1 saturated carbocycles. The number of hydrogen-bond acceptors (Lipinski definition) is 1. The van der Waals surface area contributed by atoms with Crippen LogP contribution in [0.3, 0.4) is 0 Å². The van der Waals surface area contributed by atoms with Crippen molar-refractivity contribution >= 4 is 0 Å². The van der Waals surface area contributed by atoms with Crippen LogP contribution in [-0.2, 0) is 10.8 Å². The van der Waals surface area contributed by atoms with Crippen molar-refractivity contribution in [2.24, 2.45) is 0 Å². The highest BCUT2D eigenvalue weighted by molar-refractivity contribution is 5.47. The van der Waals surface area contributed by atoms with Crippen molar-refractivity contribution in [2.75, 3.05) is 0 Å². The summed E-state index contributed by atoms with van der Waals surface area (Å²) in [4.78, 5) is 4.78. The van der Waals surface area contributed by atoms with Crippen LogP contribution in [0.1, 0.15) is 49.4 Å². The molecule has 0 N–H and O–H groups in total. The Morgan fingerprint density at radius 3 is 2.16 bits per heavy atom. The zero-order valence-corrected chi connectivity index (χ0v) is 15.0. The Hall–Kier alpha value is -2.41. The summed E-state index contributed by atoms with van der Waals surface area (Å²) in [6, 6.07) is 28.2. The third-order valence-electron chi connectivity index (χ3n) is 6.18. The van der Waals surface area contributed by atoms with Gasteiger partial charge in [-0.05, 0) is 42.0 Å². The topological polar surface area (TPSA) is 12.9 Å². The van der Waals surface area contributed by atoms with Gasteiger partial charge < -0.3 is 0 Å². The molecule has 1 aromatic heterocycles. The molecule has 0 saturated heterocycles. The van der Waals surface area contributed by atoms with Crippen LogP contribution < -0.4 is 0 Å². The first-order valence-electron chi connectivity index (χ1n) is 9.18. The van der Waals surface area contributed by atoms with Gasteiger partial charge in [-0.15, -0.1) is 0 Å². The van der Waals surface area contributed by atoms with Gasteiger partial charge in [-0.3, -0.25) is 4.98 Å². The summed E-state index contributed by atoms with van der Waals surface area (Å²) in [5.41, 5.74) is 4.36. The number of pyridine rings is 1. The van der Waals surface area contributed by atoms with Crippen molar-refractivity contribution in [3.63, 3.8) is 0 Å². The zero-order chi connectivity index (χ0) is 17.3. The molecular weight excluding hydrogens is 302 g/mol. The van der Waals surface area contributed by atoms with E-state index in [2.05, 4.69) is 86.6 Å². The summed E-state index contributed by atoms with van der Waals surface area (Å²) in [6.45, 7) is 4.76. The molecule has 0 spiro atoms. The maximum atomic E-state index is 4.78. The Bertz CT molecular complexity index is 828. The summed E-state index contributed by atoms with van der Waals surface area (Å²) in [6.07, 6.45) is 4.23. The van der Waals surface area contributed by atoms with Crippen LogP contribution in [0.4, 0.5) is 0 Å². The van der Waals surface area contributed by atoms with E-state index >= 15 is 0 Å². The Kier molecular flexibility index (Phi) is 3.95. The monoisotopic (exact) mass is 327 g/mol. The maximum Gasteiger partial charge on any atom is 0.0474 e. The van der Waals surface area contributed by atoms with Crippen LogP contribution in [0.25, 0.3) is 0 Å². The molecule has 4 rings (SSSR count). The van der Waals surface area contributed by atoms with Crippen molar-refractivity contribution < 1.29 is 0 Å². The molecular formula is C24H25N. The van der Waals surface area contributed by atoms with Crippen LogP contribution in [0, 0.1) is 0 Å². The lowest BCUT2D eigenvalue weighted by atomic mass is 9.78. The van der Waals surface area contributed by atoms with E-state index in [-0.39, 0.29) is 10.8 Å². The molecule has 1 heterocycles. The molecule has 0 amide bonds. The number of benzene rings is 2. The second-order valence-corrected chi connectivity index (χ2v) is 7.69. The fraction of sp³-hybridized carbons (Fsp3) is 0.292. The predicted molar refractivity (Wildman–Crippen MR) is 104 cm³/mol. The number of nitrogens with zero attached hydrogens (tertiary/aromatic N) is 1. The fourth-order valence-corrected chi connectivity index (χ4v) is 4.59. The lowest BCUT2D eigenvalue weighted by Gasteiger charge is -2.26. The summed E-state index contributed by atoms with van der Waals surface area (Å²) in [5.74, 6) is 0.508. The SMILES string of the molecule is CC(CC1(c2ccccn2)CC1(C)c1ccccc1)c1ccccc1. The number of aromatic nitrogens is 1. The van der Waals surface area contributed by atoms with Gasteiger partial charge in [0, 0.05) is 22.7 Å². The first-order chi connectivity index (χ1) is 12.2.